The number of rotatable bonds is 4. The molecule has 0 aliphatic carbocycles. The van der Waals surface area contributed by atoms with E-state index in [1.807, 2.05) is 29.0 Å². The van der Waals surface area contributed by atoms with Crippen LogP contribution in [-0.4, -0.2) is 10.6 Å². The van der Waals surface area contributed by atoms with Gasteiger partial charge in [0.2, 0.25) is 0 Å². The third-order valence-electron chi connectivity index (χ3n) is 3.45. The first-order valence-corrected chi connectivity index (χ1v) is 6.56. The lowest BCUT2D eigenvalue weighted by Crippen LogP contribution is -2.32. The Bertz CT molecular complexity index is 592. The van der Waals surface area contributed by atoms with E-state index < -0.39 is 0 Å². The fourth-order valence-corrected chi connectivity index (χ4v) is 2.42. The Morgan fingerprint density at radius 1 is 1.32 bits per heavy atom. The Kier molecular flexibility index (Phi) is 4.03. The monoisotopic (exact) mass is 253 g/mol. The number of nitrogens with two attached hydrogens (primary N) is 1. The lowest BCUT2D eigenvalue weighted by molar-refractivity contribution is 0.457. The number of benzene rings is 1. The number of hydrogen-bond donors (Lipinski definition) is 1. The summed E-state index contributed by atoms with van der Waals surface area (Å²) in [5.41, 5.74) is 9.29. The fraction of sp³-hybridized carbons (Fsp3) is 0.312. The van der Waals surface area contributed by atoms with Crippen molar-refractivity contribution >= 4 is 0 Å². The summed E-state index contributed by atoms with van der Waals surface area (Å²) in [6, 6.07) is 14.3. The predicted octanol–water partition coefficient (Wildman–Crippen LogP) is 2.99. The number of hydrogen-bond acceptors (Lipinski definition) is 2. The quantitative estimate of drug-likeness (QED) is 0.910. The maximum Gasteiger partial charge on any atom is 0.120 e. The molecule has 0 amide bonds. The maximum atomic E-state index is 9.20. The summed E-state index contributed by atoms with van der Waals surface area (Å²) < 4.78 is 1.98. The van der Waals surface area contributed by atoms with E-state index in [0.29, 0.717) is 5.69 Å². The zero-order chi connectivity index (χ0) is 13.8. The van der Waals surface area contributed by atoms with Gasteiger partial charge in [-0.1, -0.05) is 36.8 Å². The number of aryl methyl sites for hydroxylation is 1. The first-order chi connectivity index (χ1) is 9.17. The molecule has 2 rings (SSSR count). The van der Waals surface area contributed by atoms with Crippen molar-refractivity contribution in [2.45, 2.75) is 32.4 Å². The van der Waals surface area contributed by atoms with Crippen molar-refractivity contribution in [1.82, 2.24) is 4.57 Å². The highest BCUT2D eigenvalue weighted by molar-refractivity contribution is 5.31. The van der Waals surface area contributed by atoms with E-state index in [9.17, 15) is 5.26 Å². The lowest BCUT2D eigenvalue weighted by Gasteiger charge is -2.26. The molecule has 0 fully saturated rings. The molecule has 2 unspecified atom stereocenters. The zero-order valence-corrected chi connectivity index (χ0v) is 11.4. The van der Waals surface area contributed by atoms with E-state index in [1.54, 1.807) is 0 Å². The summed E-state index contributed by atoms with van der Waals surface area (Å²) in [6.07, 6.45) is 2.79. The van der Waals surface area contributed by atoms with Gasteiger partial charge in [-0.15, -0.1) is 0 Å². The lowest BCUT2D eigenvalue weighted by atomic mass is 9.96. The van der Waals surface area contributed by atoms with Gasteiger partial charge in [0.1, 0.15) is 11.8 Å². The molecule has 0 bridgehead atoms. The highest BCUT2D eigenvalue weighted by Crippen LogP contribution is 2.25. The minimum Gasteiger partial charge on any atom is -0.330 e. The molecular formula is C16H19N3. The fourth-order valence-electron chi connectivity index (χ4n) is 2.42. The summed E-state index contributed by atoms with van der Waals surface area (Å²) in [6.45, 7) is 4.14. The minimum absolute atomic E-state index is 0.00884. The van der Waals surface area contributed by atoms with Crippen LogP contribution in [-0.2, 0) is 0 Å². The molecular weight excluding hydrogens is 234 g/mol. The normalized spacial score (nSPS) is 13.8. The van der Waals surface area contributed by atoms with Crippen LogP contribution in [0.1, 0.15) is 36.2 Å². The average molecular weight is 253 g/mol. The first kappa shape index (κ1) is 13.4. The van der Waals surface area contributed by atoms with Crippen LogP contribution < -0.4 is 5.73 Å². The highest BCUT2D eigenvalue weighted by atomic mass is 15.0. The molecule has 0 saturated heterocycles. The van der Waals surface area contributed by atoms with E-state index in [2.05, 4.69) is 38.1 Å². The van der Waals surface area contributed by atoms with Crippen molar-refractivity contribution in [3.8, 4) is 6.07 Å². The standard InChI is InChI=1S/C16H19N3/c1-3-15(18)16(13-7-4-6-12(2)10-13)19-9-5-8-14(19)11-17/h4-10,15-16H,3,18H2,1-2H3. The van der Waals surface area contributed by atoms with Gasteiger partial charge in [0, 0.05) is 12.2 Å². The Hall–Kier alpha value is -2.05. The topological polar surface area (TPSA) is 54.7 Å². The van der Waals surface area contributed by atoms with Gasteiger partial charge >= 0.3 is 0 Å². The summed E-state index contributed by atoms with van der Waals surface area (Å²) >= 11 is 0. The van der Waals surface area contributed by atoms with Crippen molar-refractivity contribution in [3.05, 3.63) is 59.4 Å². The molecule has 3 heteroatoms. The molecule has 1 heterocycles. The molecule has 0 spiro atoms. The van der Waals surface area contributed by atoms with Crippen LogP contribution in [0.5, 0.6) is 0 Å². The summed E-state index contributed by atoms with van der Waals surface area (Å²) in [5.74, 6) is 0. The van der Waals surface area contributed by atoms with Gasteiger partial charge in [0.15, 0.2) is 0 Å². The Morgan fingerprint density at radius 2 is 2.11 bits per heavy atom. The second-order valence-corrected chi connectivity index (χ2v) is 4.84. The van der Waals surface area contributed by atoms with Gasteiger partial charge in [-0.25, -0.2) is 0 Å². The second-order valence-electron chi connectivity index (χ2n) is 4.84. The Morgan fingerprint density at radius 3 is 2.74 bits per heavy atom. The van der Waals surface area contributed by atoms with Crippen molar-refractivity contribution in [2.24, 2.45) is 5.73 Å². The SMILES string of the molecule is CCC(N)C(c1cccc(C)c1)n1cccc1C#N. The van der Waals surface area contributed by atoms with Crippen LogP contribution in [0.15, 0.2) is 42.6 Å². The third kappa shape index (κ3) is 2.69. The van der Waals surface area contributed by atoms with Crippen molar-refractivity contribution in [1.29, 1.82) is 5.26 Å². The summed E-state index contributed by atoms with van der Waals surface area (Å²) in [4.78, 5) is 0. The van der Waals surface area contributed by atoms with Gasteiger partial charge < -0.3 is 10.3 Å². The summed E-state index contributed by atoms with van der Waals surface area (Å²) in [7, 11) is 0. The van der Waals surface area contributed by atoms with Crippen LogP contribution >= 0.6 is 0 Å². The molecule has 98 valence electrons. The number of aromatic nitrogens is 1. The zero-order valence-electron chi connectivity index (χ0n) is 11.4. The van der Waals surface area contributed by atoms with Crippen molar-refractivity contribution in [2.75, 3.05) is 0 Å². The molecule has 0 radical (unpaired) electrons. The molecule has 2 aromatic rings. The molecule has 2 N–H and O–H groups in total. The molecule has 1 aromatic heterocycles. The molecule has 0 aliphatic heterocycles. The van der Waals surface area contributed by atoms with Gasteiger partial charge in [0.25, 0.3) is 0 Å². The van der Waals surface area contributed by atoms with Gasteiger partial charge in [-0.05, 0) is 31.0 Å². The second kappa shape index (κ2) is 5.73. The van der Waals surface area contributed by atoms with Crippen LogP contribution in [0.3, 0.4) is 0 Å². The Labute approximate surface area is 114 Å². The van der Waals surface area contributed by atoms with Gasteiger partial charge in [-0.2, -0.15) is 5.26 Å². The van der Waals surface area contributed by atoms with Crippen LogP contribution in [0.25, 0.3) is 0 Å². The van der Waals surface area contributed by atoms with Crippen LogP contribution in [0.4, 0.5) is 0 Å². The van der Waals surface area contributed by atoms with E-state index in [4.69, 9.17) is 5.73 Å². The molecule has 1 aromatic carbocycles. The molecule has 3 nitrogen and oxygen atoms in total. The van der Waals surface area contributed by atoms with E-state index in [1.165, 1.54) is 5.56 Å². The van der Waals surface area contributed by atoms with Crippen LogP contribution in [0, 0.1) is 18.3 Å². The smallest absolute Gasteiger partial charge is 0.120 e. The maximum absolute atomic E-state index is 9.20. The summed E-state index contributed by atoms with van der Waals surface area (Å²) in [5, 5.41) is 9.20. The predicted molar refractivity (Wildman–Crippen MR) is 76.7 cm³/mol. The van der Waals surface area contributed by atoms with E-state index >= 15 is 0 Å². The molecule has 2 atom stereocenters. The van der Waals surface area contributed by atoms with Crippen molar-refractivity contribution in [3.63, 3.8) is 0 Å². The van der Waals surface area contributed by atoms with Gasteiger partial charge in [-0.3, -0.25) is 0 Å². The van der Waals surface area contributed by atoms with E-state index in [-0.39, 0.29) is 12.1 Å². The first-order valence-electron chi connectivity index (χ1n) is 6.56. The number of nitrogens with zero attached hydrogens (tertiary/aromatic N) is 2. The molecule has 19 heavy (non-hydrogen) atoms. The highest BCUT2D eigenvalue weighted by Gasteiger charge is 2.22. The van der Waals surface area contributed by atoms with E-state index in [0.717, 1.165) is 12.0 Å². The van der Waals surface area contributed by atoms with Crippen LogP contribution in [0.2, 0.25) is 0 Å². The van der Waals surface area contributed by atoms with Crippen molar-refractivity contribution < 1.29 is 0 Å². The third-order valence-corrected chi connectivity index (χ3v) is 3.45. The van der Waals surface area contributed by atoms with Gasteiger partial charge in [0.05, 0.1) is 6.04 Å². The Balaban J connectivity index is 2.51. The molecule has 0 aliphatic rings. The molecule has 0 saturated carbocycles. The largest absolute Gasteiger partial charge is 0.330 e. The number of nitriles is 1. The average Bonchev–Trinajstić information content (AvgIpc) is 2.87. The minimum atomic E-state index is -0.0127.